The van der Waals surface area contributed by atoms with E-state index >= 15 is 0 Å². The van der Waals surface area contributed by atoms with Crippen LogP contribution in [0.5, 0.6) is 0 Å². The molecule has 5 amide bonds. The highest BCUT2D eigenvalue weighted by Gasteiger charge is 2.45. The predicted molar refractivity (Wildman–Crippen MR) is 197 cm³/mol. The van der Waals surface area contributed by atoms with Crippen molar-refractivity contribution in [1.82, 2.24) is 35.8 Å². The van der Waals surface area contributed by atoms with Crippen molar-refractivity contribution in [3.05, 3.63) is 59.9 Å². The summed E-state index contributed by atoms with van der Waals surface area (Å²) in [5, 5.41) is 37.6. The summed E-state index contributed by atoms with van der Waals surface area (Å²) < 4.78 is 1.48. The van der Waals surface area contributed by atoms with Crippen LogP contribution in [0.1, 0.15) is 100 Å². The molecule has 1 aromatic heterocycles. The SMILES string of the molecule is CC(C)(O)c1cnnn1[C@@H]1C[C@@H](C(=O)NC(CCCCNC(=O)O)C(=O)C(N)=O)N(C(=O)C(CC2CCCCC2)NC(=O)c2ccc3ccccc3c2)C1. The number of hydrogen-bond acceptors (Lipinski definition) is 9. The second-order valence-corrected chi connectivity index (χ2v) is 14.9. The Morgan fingerprint density at radius 1 is 0.963 bits per heavy atom. The third kappa shape index (κ3) is 9.98. The zero-order chi connectivity index (χ0) is 39.0. The van der Waals surface area contributed by atoms with E-state index in [-0.39, 0.29) is 38.3 Å². The zero-order valence-electron chi connectivity index (χ0n) is 30.7. The lowest BCUT2D eigenvalue weighted by atomic mass is 9.84. The van der Waals surface area contributed by atoms with Crippen LogP contribution in [-0.2, 0) is 24.8 Å². The maximum Gasteiger partial charge on any atom is 0.404 e. The van der Waals surface area contributed by atoms with Gasteiger partial charge in [0.25, 0.3) is 11.8 Å². The maximum absolute atomic E-state index is 14.8. The fraction of sp³-hybridized carbons (Fsp3) is 0.526. The minimum atomic E-state index is -1.36. The second-order valence-electron chi connectivity index (χ2n) is 14.9. The lowest BCUT2D eigenvalue weighted by Crippen LogP contribution is -2.56. The Morgan fingerprint density at radius 2 is 1.69 bits per heavy atom. The van der Waals surface area contributed by atoms with Crippen molar-refractivity contribution in [3.8, 4) is 0 Å². The number of Topliss-reactive ketones (excluding diaryl/α,β-unsaturated/α-hetero) is 1. The van der Waals surface area contributed by atoms with Gasteiger partial charge in [-0.1, -0.05) is 67.6 Å². The van der Waals surface area contributed by atoms with Crippen LogP contribution >= 0.6 is 0 Å². The number of fused-ring (bicyclic) bond motifs is 1. The standard InChI is InChI=1S/C38H50N8O8/c1-38(2,54)31-21-41-44-46(31)27-20-30(35(50)42-28(32(47)33(39)48)14-8-9-17-40-37(52)53)45(22-27)36(51)29(18-23-10-4-3-5-11-23)43-34(49)26-16-15-24-12-6-7-13-25(24)19-26/h6-7,12-13,15-16,19,21,23,27-30,40,54H,3-5,8-11,14,17-18,20,22H2,1-2H3,(H2,39,48)(H,42,50)(H,43,49)(H,52,53)/t27-,28?,29?,30+/m1/s1. The molecule has 1 aliphatic carbocycles. The number of primary amides is 1. The van der Waals surface area contributed by atoms with Crippen molar-refractivity contribution in [2.24, 2.45) is 11.7 Å². The number of aromatic nitrogens is 3. The number of ketones is 1. The number of carbonyl (C=O) groups excluding carboxylic acids is 5. The van der Waals surface area contributed by atoms with Gasteiger partial charge in [0.1, 0.15) is 17.7 Å². The number of carboxylic acid groups (broad SMARTS) is 1. The van der Waals surface area contributed by atoms with E-state index in [1.165, 1.54) is 15.8 Å². The number of nitrogens with zero attached hydrogens (tertiary/aromatic N) is 4. The quantitative estimate of drug-likeness (QED) is 0.0925. The number of benzene rings is 2. The molecule has 1 saturated heterocycles. The van der Waals surface area contributed by atoms with Crippen molar-refractivity contribution in [1.29, 1.82) is 0 Å². The molecule has 2 aliphatic rings. The Balaban J connectivity index is 1.44. The molecule has 16 nitrogen and oxygen atoms in total. The molecular weight excluding hydrogens is 696 g/mol. The summed E-state index contributed by atoms with van der Waals surface area (Å²) in [7, 11) is 0. The van der Waals surface area contributed by atoms with Gasteiger partial charge in [-0.3, -0.25) is 24.0 Å². The Morgan fingerprint density at radius 3 is 2.37 bits per heavy atom. The van der Waals surface area contributed by atoms with Crippen molar-refractivity contribution in [2.75, 3.05) is 13.1 Å². The molecule has 3 aromatic rings. The Bertz CT molecular complexity index is 1850. The molecule has 0 radical (unpaired) electrons. The molecule has 290 valence electrons. The van der Waals surface area contributed by atoms with Crippen molar-refractivity contribution >= 4 is 46.3 Å². The summed E-state index contributed by atoms with van der Waals surface area (Å²) in [4.78, 5) is 79.9. The van der Waals surface area contributed by atoms with Gasteiger partial charge < -0.3 is 36.8 Å². The summed E-state index contributed by atoms with van der Waals surface area (Å²) in [5.41, 5.74) is 4.72. The minimum absolute atomic E-state index is 0.00302. The first-order valence-electron chi connectivity index (χ1n) is 18.6. The normalized spacial score (nSPS) is 18.8. The van der Waals surface area contributed by atoms with Crippen molar-refractivity contribution in [2.45, 2.75) is 108 Å². The number of rotatable bonds is 16. The first kappa shape index (κ1) is 39.8. The molecule has 54 heavy (non-hydrogen) atoms. The Kier molecular flexibility index (Phi) is 13.0. The molecule has 7 N–H and O–H groups in total. The highest BCUT2D eigenvalue weighted by molar-refractivity contribution is 6.37. The number of unbranched alkanes of at least 4 members (excludes halogenated alkanes) is 1. The highest BCUT2D eigenvalue weighted by Crippen LogP contribution is 2.33. The van der Waals surface area contributed by atoms with E-state index < -0.39 is 65.3 Å². The van der Waals surface area contributed by atoms with Crippen LogP contribution in [0.15, 0.2) is 48.7 Å². The van der Waals surface area contributed by atoms with Gasteiger partial charge in [0.05, 0.1) is 24.0 Å². The Labute approximate surface area is 313 Å². The van der Waals surface area contributed by atoms with E-state index in [0.717, 1.165) is 42.9 Å². The number of likely N-dealkylation sites (tertiary alicyclic amines) is 1. The van der Waals surface area contributed by atoms with E-state index in [0.29, 0.717) is 24.1 Å². The molecular formula is C38H50N8O8. The van der Waals surface area contributed by atoms with Crippen LogP contribution in [0.3, 0.4) is 0 Å². The van der Waals surface area contributed by atoms with Gasteiger partial charge in [0, 0.05) is 25.1 Å². The largest absolute Gasteiger partial charge is 0.465 e. The average Bonchev–Trinajstić information content (AvgIpc) is 3.82. The third-order valence-electron chi connectivity index (χ3n) is 10.4. The smallest absolute Gasteiger partial charge is 0.404 e. The van der Waals surface area contributed by atoms with Crippen LogP contribution < -0.4 is 21.7 Å². The fourth-order valence-corrected chi connectivity index (χ4v) is 7.56. The fourth-order valence-electron chi connectivity index (χ4n) is 7.56. The summed E-state index contributed by atoms with van der Waals surface area (Å²) in [6.45, 7) is 3.21. The molecule has 5 rings (SSSR count). The molecule has 2 aromatic carbocycles. The topological polar surface area (TPSA) is 239 Å². The van der Waals surface area contributed by atoms with Crippen LogP contribution in [0, 0.1) is 5.92 Å². The van der Waals surface area contributed by atoms with Gasteiger partial charge in [-0.05, 0) is 68.4 Å². The summed E-state index contributed by atoms with van der Waals surface area (Å²) in [5.74, 6) is -3.74. The lowest BCUT2D eigenvalue weighted by Gasteiger charge is -2.32. The number of nitrogens with two attached hydrogens (primary N) is 1. The lowest BCUT2D eigenvalue weighted by molar-refractivity contribution is -0.142. The summed E-state index contributed by atoms with van der Waals surface area (Å²) in [6, 6.07) is 8.87. The molecule has 4 atom stereocenters. The molecule has 2 fully saturated rings. The predicted octanol–water partition coefficient (Wildman–Crippen LogP) is 2.55. The van der Waals surface area contributed by atoms with E-state index in [4.69, 9.17) is 10.8 Å². The maximum atomic E-state index is 14.8. The van der Waals surface area contributed by atoms with E-state index in [9.17, 15) is 33.9 Å². The van der Waals surface area contributed by atoms with Crippen LogP contribution in [0.25, 0.3) is 10.8 Å². The molecule has 2 heterocycles. The van der Waals surface area contributed by atoms with Crippen LogP contribution in [0.2, 0.25) is 0 Å². The molecule has 16 heteroatoms. The van der Waals surface area contributed by atoms with Gasteiger partial charge in [-0.15, -0.1) is 5.10 Å². The first-order chi connectivity index (χ1) is 25.7. The third-order valence-corrected chi connectivity index (χ3v) is 10.4. The first-order valence-corrected chi connectivity index (χ1v) is 18.6. The van der Waals surface area contributed by atoms with Gasteiger partial charge in [-0.25, -0.2) is 9.48 Å². The van der Waals surface area contributed by atoms with Gasteiger partial charge in [0.15, 0.2) is 0 Å². The summed E-state index contributed by atoms with van der Waals surface area (Å²) >= 11 is 0. The van der Waals surface area contributed by atoms with Crippen LogP contribution in [0.4, 0.5) is 4.79 Å². The van der Waals surface area contributed by atoms with E-state index in [1.54, 1.807) is 26.0 Å². The number of carbonyl (C=O) groups is 6. The van der Waals surface area contributed by atoms with Crippen molar-refractivity contribution in [3.63, 3.8) is 0 Å². The molecule has 2 unspecified atom stereocenters. The minimum Gasteiger partial charge on any atom is -0.465 e. The van der Waals surface area contributed by atoms with Gasteiger partial charge in [-0.2, -0.15) is 0 Å². The second kappa shape index (κ2) is 17.6. The summed E-state index contributed by atoms with van der Waals surface area (Å²) in [6.07, 6.45) is 6.10. The number of hydrogen-bond donors (Lipinski definition) is 6. The monoisotopic (exact) mass is 746 g/mol. The molecule has 0 bridgehead atoms. The highest BCUT2D eigenvalue weighted by atomic mass is 16.4. The zero-order valence-corrected chi connectivity index (χ0v) is 30.7. The van der Waals surface area contributed by atoms with Gasteiger partial charge in [0.2, 0.25) is 17.6 Å². The number of aliphatic hydroxyl groups is 1. The Hall–Kier alpha value is -5.38. The molecule has 0 spiro atoms. The van der Waals surface area contributed by atoms with Crippen LogP contribution in [-0.4, -0.2) is 96.8 Å². The number of nitrogens with one attached hydrogen (secondary N) is 3. The average molecular weight is 747 g/mol. The van der Waals surface area contributed by atoms with Gasteiger partial charge >= 0.3 is 6.09 Å². The number of amides is 5. The molecule has 1 aliphatic heterocycles. The molecule has 1 saturated carbocycles. The van der Waals surface area contributed by atoms with Crippen molar-refractivity contribution < 1.29 is 39.0 Å². The van der Waals surface area contributed by atoms with E-state index in [2.05, 4.69) is 26.3 Å². The van der Waals surface area contributed by atoms with E-state index in [1.807, 2.05) is 30.3 Å².